The van der Waals surface area contributed by atoms with Crippen LogP contribution < -0.4 is 15.8 Å². The predicted molar refractivity (Wildman–Crippen MR) is 124 cm³/mol. The first kappa shape index (κ1) is 24.2. The van der Waals surface area contributed by atoms with Crippen molar-refractivity contribution in [2.45, 2.75) is 71.9 Å². The zero-order valence-corrected chi connectivity index (χ0v) is 19.7. The number of aryl methyl sites for hydroxylation is 2. The Labute approximate surface area is 192 Å². The van der Waals surface area contributed by atoms with E-state index in [4.69, 9.17) is 11.6 Å². The van der Waals surface area contributed by atoms with E-state index in [1.807, 2.05) is 26.8 Å². The average molecular weight is 466 g/mol. The highest BCUT2D eigenvalue weighted by Gasteiger charge is 2.37. The lowest BCUT2D eigenvalue weighted by molar-refractivity contribution is -0.0380. The molecule has 2 N–H and O–H groups in total. The minimum atomic E-state index is -2.60. The molecule has 5 nitrogen and oxygen atoms in total. The van der Waals surface area contributed by atoms with Gasteiger partial charge in [-0.3, -0.25) is 9.59 Å². The summed E-state index contributed by atoms with van der Waals surface area (Å²) in [6, 6.07) is 5.23. The van der Waals surface area contributed by atoms with E-state index >= 15 is 0 Å². The van der Waals surface area contributed by atoms with Crippen LogP contribution in [0.3, 0.4) is 0 Å². The van der Waals surface area contributed by atoms with Crippen molar-refractivity contribution < 1.29 is 13.6 Å². The number of carbonyl (C=O) groups is 1. The molecule has 1 aliphatic carbocycles. The Morgan fingerprint density at radius 3 is 2.47 bits per heavy atom. The van der Waals surface area contributed by atoms with Gasteiger partial charge in [-0.25, -0.2) is 8.78 Å². The van der Waals surface area contributed by atoms with Crippen molar-refractivity contribution in [1.29, 1.82) is 0 Å². The van der Waals surface area contributed by atoms with Crippen LogP contribution >= 0.6 is 11.6 Å². The summed E-state index contributed by atoms with van der Waals surface area (Å²) in [5.41, 5.74) is 3.78. The zero-order valence-electron chi connectivity index (χ0n) is 18.9. The maximum Gasteiger partial charge on any atom is 0.253 e. The second-order valence-electron chi connectivity index (χ2n) is 8.60. The molecule has 1 fully saturated rings. The standard InChI is InChI=1S/C24H30ClF2N3O2/c1-5-30(18-6-8-24(26,27)9-7-18)21-12-17(25)11-19(16(21)4)22(31)28-13-20-14(2)10-15(3)29-23(20)32/h10-12,18H,5-9,13H2,1-4H3,(H,28,31)(H,29,32). The average Bonchev–Trinajstić information content (AvgIpc) is 2.70. The van der Waals surface area contributed by atoms with Crippen molar-refractivity contribution in [2.24, 2.45) is 0 Å². The first-order valence-corrected chi connectivity index (χ1v) is 11.3. The topological polar surface area (TPSA) is 65.2 Å². The van der Waals surface area contributed by atoms with E-state index in [0.717, 1.165) is 22.5 Å². The number of benzene rings is 1. The van der Waals surface area contributed by atoms with Gasteiger partial charge >= 0.3 is 0 Å². The van der Waals surface area contributed by atoms with Crippen LogP contribution in [0.15, 0.2) is 23.0 Å². The Hall–Kier alpha value is -2.41. The van der Waals surface area contributed by atoms with E-state index in [2.05, 4.69) is 15.2 Å². The van der Waals surface area contributed by atoms with Gasteiger partial charge in [0.25, 0.3) is 11.5 Å². The van der Waals surface area contributed by atoms with Crippen LogP contribution in [-0.4, -0.2) is 29.4 Å². The van der Waals surface area contributed by atoms with Crippen molar-refractivity contribution in [2.75, 3.05) is 11.4 Å². The molecule has 174 valence electrons. The number of anilines is 1. The first-order valence-electron chi connectivity index (χ1n) is 10.9. The highest BCUT2D eigenvalue weighted by molar-refractivity contribution is 6.31. The molecule has 1 aromatic carbocycles. The highest BCUT2D eigenvalue weighted by atomic mass is 35.5. The Morgan fingerprint density at radius 2 is 1.88 bits per heavy atom. The Balaban J connectivity index is 1.84. The van der Waals surface area contributed by atoms with Gasteiger partial charge < -0.3 is 15.2 Å². The van der Waals surface area contributed by atoms with Gasteiger partial charge in [0.15, 0.2) is 0 Å². The number of nitrogens with zero attached hydrogens (tertiary/aromatic N) is 1. The molecule has 8 heteroatoms. The molecule has 3 rings (SSSR count). The molecular formula is C24H30ClF2N3O2. The number of pyridine rings is 1. The van der Waals surface area contributed by atoms with Crippen LogP contribution in [0.25, 0.3) is 0 Å². The van der Waals surface area contributed by atoms with E-state index in [-0.39, 0.29) is 36.9 Å². The van der Waals surface area contributed by atoms with Gasteiger partial charge in [0, 0.05) is 59.5 Å². The molecular weight excluding hydrogens is 436 g/mol. The molecule has 1 saturated carbocycles. The number of nitrogens with one attached hydrogen (secondary N) is 2. The number of hydrogen-bond donors (Lipinski definition) is 2. The second kappa shape index (κ2) is 9.61. The van der Waals surface area contributed by atoms with Gasteiger partial charge in [0.1, 0.15) is 0 Å². The number of amides is 1. The number of aromatic nitrogens is 1. The van der Waals surface area contributed by atoms with Gasteiger partial charge in [-0.2, -0.15) is 0 Å². The molecule has 0 atom stereocenters. The molecule has 0 saturated heterocycles. The van der Waals surface area contributed by atoms with Gasteiger partial charge in [0.2, 0.25) is 5.92 Å². The second-order valence-corrected chi connectivity index (χ2v) is 9.03. The number of rotatable bonds is 6. The lowest BCUT2D eigenvalue weighted by Crippen LogP contribution is -2.41. The number of H-pyrrole nitrogens is 1. The SMILES string of the molecule is CCN(c1cc(Cl)cc(C(=O)NCc2c(C)cc(C)[nH]c2=O)c1C)C1CCC(F)(F)CC1. The number of alkyl halides is 2. The summed E-state index contributed by atoms with van der Waals surface area (Å²) in [4.78, 5) is 30.1. The lowest BCUT2D eigenvalue weighted by atomic mass is 9.90. The summed E-state index contributed by atoms with van der Waals surface area (Å²) >= 11 is 6.35. The molecule has 0 unspecified atom stereocenters. The van der Waals surface area contributed by atoms with Gasteiger partial charge in [-0.15, -0.1) is 0 Å². The summed E-state index contributed by atoms with van der Waals surface area (Å²) in [6.45, 7) is 8.16. The maximum atomic E-state index is 13.6. The summed E-state index contributed by atoms with van der Waals surface area (Å²) in [7, 11) is 0. The first-order chi connectivity index (χ1) is 15.0. The molecule has 32 heavy (non-hydrogen) atoms. The zero-order chi connectivity index (χ0) is 23.6. The lowest BCUT2D eigenvalue weighted by Gasteiger charge is -2.38. The Bertz CT molecular complexity index is 1060. The molecule has 2 aromatic rings. The molecule has 1 amide bonds. The molecule has 1 aliphatic rings. The van der Waals surface area contributed by atoms with Gasteiger partial charge in [0.05, 0.1) is 0 Å². The van der Waals surface area contributed by atoms with Gasteiger partial charge in [-0.05, 0) is 69.9 Å². The third kappa shape index (κ3) is 5.31. The Kier molecular flexibility index (Phi) is 7.28. The fraction of sp³-hybridized carbons (Fsp3) is 0.500. The molecule has 0 bridgehead atoms. The summed E-state index contributed by atoms with van der Waals surface area (Å²) < 4.78 is 27.3. The van der Waals surface area contributed by atoms with Crippen LogP contribution in [0.5, 0.6) is 0 Å². The highest BCUT2D eigenvalue weighted by Crippen LogP contribution is 2.38. The third-order valence-electron chi connectivity index (χ3n) is 6.29. The van der Waals surface area contributed by atoms with Crippen molar-refractivity contribution in [3.8, 4) is 0 Å². The van der Waals surface area contributed by atoms with E-state index < -0.39 is 5.92 Å². The fourth-order valence-electron chi connectivity index (χ4n) is 4.53. The predicted octanol–water partition coefficient (Wildman–Crippen LogP) is 5.29. The molecule has 0 aliphatic heterocycles. The minimum Gasteiger partial charge on any atom is -0.369 e. The van der Waals surface area contributed by atoms with Crippen LogP contribution in [0.4, 0.5) is 14.5 Å². The van der Waals surface area contributed by atoms with Crippen molar-refractivity contribution in [3.63, 3.8) is 0 Å². The number of aromatic amines is 1. The largest absolute Gasteiger partial charge is 0.369 e. The van der Waals surface area contributed by atoms with E-state index in [9.17, 15) is 18.4 Å². The van der Waals surface area contributed by atoms with Crippen molar-refractivity contribution in [3.05, 3.63) is 61.5 Å². The monoisotopic (exact) mass is 465 g/mol. The normalized spacial score (nSPS) is 16.1. The fourth-order valence-corrected chi connectivity index (χ4v) is 4.74. The summed E-state index contributed by atoms with van der Waals surface area (Å²) in [6.07, 6.45) is 0.519. The van der Waals surface area contributed by atoms with Gasteiger partial charge in [-0.1, -0.05) is 11.6 Å². The molecule has 1 aromatic heterocycles. The molecule has 1 heterocycles. The number of carbonyl (C=O) groups excluding carboxylic acids is 1. The van der Waals surface area contributed by atoms with Crippen LogP contribution in [0.1, 0.15) is 65.3 Å². The quantitative estimate of drug-likeness (QED) is 0.609. The number of halogens is 3. The van der Waals surface area contributed by atoms with Crippen molar-refractivity contribution >= 4 is 23.2 Å². The third-order valence-corrected chi connectivity index (χ3v) is 6.50. The van der Waals surface area contributed by atoms with E-state index in [1.54, 1.807) is 19.1 Å². The van der Waals surface area contributed by atoms with E-state index in [0.29, 0.717) is 35.5 Å². The maximum absolute atomic E-state index is 13.6. The van der Waals surface area contributed by atoms with Crippen LogP contribution in [0, 0.1) is 20.8 Å². The van der Waals surface area contributed by atoms with Crippen LogP contribution in [-0.2, 0) is 6.54 Å². The van der Waals surface area contributed by atoms with Crippen LogP contribution in [0.2, 0.25) is 5.02 Å². The Morgan fingerprint density at radius 1 is 1.22 bits per heavy atom. The number of hydrogen-bond acceptors (Lipinski definition) is 3. The van der Waals surface area contributed by atoms with E-state index in [1.165, 1.54) is 0 Å². The minimum absolute atomic E-state index is 0.0264. The smallest absolute Gasteiger partial charge is 0.253 e. The molecule has 0 radical (unpaired) electrons. The molecule has 0 spiro atoms. The summed E-state index contributed by atoms with van der Waals surface area (Å²) in [5, 5.41) is 3.23. The van der Waals surface area contributed by atoms with Crippen molar-refractivity contribution in [1.82, 2.24) is 10.3 Å². The summed E-state index contributed by atoms with van der Waals surface area (Å²) in [5.74, 6) is -2.94.